The molecule has 0 spiro atoms. The zero-order valence-electron chi connectivity index (χ0n) is 7.98. The highest BCUT2D eigenvalue weighted by Gasteiger charge is 2.12. The Morgan fingerprint density at radius 2 is 2.06 bits per heavy atom. The molecule has 0 fully saturated rings. The van der Waals surface area contributed by atoms with E-state index in [9.17, 15) is 4.79 Å². The number of nitrogens with one attached hydrogen (secondary N) is 1. The third kappa shape index (κ3) is 2.05. The van der Waals surface area contributed by atoms with Crippen molar-refractivity contribution in [1.82, 2.24) is 10.5 Å². The van der Waals surface area contributed by atoms with Crippen molar-refractivity contribution >= 4 is 17.5 Å². The van der Waals surface area contributed by atoms with Crippen LogP contribution in [0.5, 0.6) is 0 Å². The topological polar surface area (TPSA) is 75.4 Å². The molecular weight excluding hydrogens is 232 g/mol. The number of hydrogen-bond donors (Lipinski definition) is 2. The van der Waals surface area contributed by atoms with E-state index in [4.69, 9.17) is 21.2 Å². The Balaban J connectivity index is 2.31. The van der Waals surface area contributed by atoms with E-state index in [-0.39, 0.29) is 11.6 Å². The van der Waals surface area contributed by atoms with Gasteiger partial charge in [-0.1, -0.05) is 11.6 Å². The lowest BCUT2D eigenvalue weighted by Crippen LogP contribution is -2.18. The molecule has 0 saturated heterocycles. The molecule has 1 amide bonds. The molecule has 6 heteroatoms. The summed E-state index contributed by atoms with van der Waals surface area (Å²) in [7, 11) is 0. The number of nitrogens with zero attached hydrogens (tertiary/aromatic N) is 1. The van der Waals surface area contributed by atoms with Gasteiger partial charge in [-0.15, -0.1) is 0 Å². The first-order valence-corrected chi connectivity index (χ1v) is 4.74. The van der Waals surface area contributed by atoms with Crippen LogP contribution in [0.4, 0.5) is 0 Å². The zero-order chi connectivity index (χ0) is 11.5. The third-order valence-electron chi connectivity index (χ3n) is 1.93. The Kier molecular flexibility index (Phi) is 2.89. The number of carbonyl (C=O) groups is 1. The average molecular weight is 239 g/mol. The van der Waals surface area contributed by atoms with E-state index in [2.05, 4.69) is 4.98 Å². The fourth-order valence-corrected chi connectivity index (χ4v) is 1.29. The summed E-state index contributed by atoms with van der Waals surface area (Å²) in [6.45, 7) is 0. The van der Waals surface area contributed by atoms with Gasteiger partial charge in [-0.3, -0.25) is 10.0 Å². The molecule has 2 aromatic rings. The Labute approximate surface area is 95.6 Å². The van der Waals surface area contributed by atoms with Gasteiger partial charge in [-0.2, -0.15) is 0 Å². The van der Waals surface area contributed by atoms with Crippen LogP contribution in [0.2, 0.25) is 5.02 Å². The van der Waals surface area contributed by atoms with Gasteiger partial charge in [0, 0.05) is 10.6 Å². The minimum Gasteiger partial charge on any atom is -0.444 e. The van der Waals surface area contributed by atoms with Gasteiger partial charge in [0.2, 0.25) is 5.89 Å². The van der Waals surface area contributed by atoms with Crippen LogP contribution in [-0.2, 0) is 0 Å². The second-order valence-electron chi connectivity index (χ2n) is 2.99. The van der Waals surface area contributed by atoms with E-state index in [1.54, 1.807) is 24.3 Å². The Morgan fingerprint density at radius 3 is 2.69 bits per heavy atom. The lowest BCUT2D eigenvalue weighted by molar-refractivity contribution is 0.0700. The number of aromatic nitrogens is 1. The largest absolute Gasteiger partial charge is 0.444 e. The number of halogens is 1. The van der Waals surface area contributed by atoms with Crippen molar-refractivity contribution in [2.45, 2.75) is 0 Å². The lowest BCUT2D eigenvalue weighted by atomic mass is 10.2. The molecule has 2 rings (SSSR count). The van der Waals surface area contributed by atoms with Gasteiger partial charge in [0.1, 0.15) is 6.26 Å². The number of hydroxylamine groups is 1. The Morgan fingerprint density at radius 1 is 1.38 bits per heavy atom. The smallest absolute Gasteiger partial charge is 0.296 e. The molecule has 0 aliphatic carbocycles. The van der Waals surface area contributed by atoms with Crippen LogP contribution in [0.1, 0.15) is 10.5 Å². The molecule has 0 radical (unpaired) electrons. The molecular formula is C10H7ClN2O3. The fraction of sp³-hybridized carbons (Fsp3) is 0. The molecule has 0 atom stereocenters. The first kappa shape index (κ1) is 10.7. The van der Waals surface area contributed by atoms with Crippen molar-refractivity contribution < 1.29 is 14.4 Å². The summed E-state index contributed by atoms with van der Waals surface area (Å²) in [6.07, 6.45) is 1.16. The number of hydrogen-bond acceptors (Lipinski definition) is 4. The van der Waals surface area contributed by atoms with Gasteiger partial charge < -0.3 is 4.42 Å². The van der Waals surface area contributed by atoms with E-state index < -0.39 is 5.91 Å². The maximum atomic E-state index is 11.0. The molecule has 0 unspecified atom stereocenters. The predicted molar refractivity (Wildman–Crippen MR) is 56.2 cm³/mol. The van der Waals surface area contributed by atoms with Crippen LogP contribution in [-0.4, -0.2) is 16.1 Å². The van der Waals surface area contributed by atoms with Gasteiger partial charge in [-0.25, -0.2) is 10.5 Å². The number of oxazole rings is 1. The molecule has 0 saturated carbocycles. The maximum absolute atomic E-state index is 11.0. The third-order valence-corrected chi connectivity index (χ3v) is 2.18. The molecule has 16 heavy (non-hydrogen) atoms. The second-order valence-corrected chi connectivity index (χ2v) is 3.42. The standard InChI is InChI=1S/C10H7ClN2O3/c11-7-3-1-6(2-4-7)10-12-8(5-16-10)9(14)13-15/h1-5,15H,(H,13,14). The summed E-state index contributed by atoms with van der Waals surface area (Å²) in [6, 6.07) is 6.81. The van der Waals surface area contributed by atoms with E-state index in [1.165, 1.54) is 5.48 Å². The average Bonchev–Trinajstić information content (AvgIpc) is 2.78. The van der Waals surface area contributed by atoms with Crippen molar-refractivity contribution in [3.63, 3.8) is 0 Å². The molecule has 0 bridgehead atoms. The highest BCUT2D eigenvalue weighted by atomic mass is 35.5. The highest BCUT2D eigenvalue weighted by Crippen LogP contribution is 2.20. The predicted octanol–water partition coefficient (Wildman–Crippen LogP) is 2.11. The first-order chi connectivity index (χ1) is 7.70. The van der Waals surface area contributed by atoms with E-state index in [1.807, 2.05) is 0 Å². The Hall–Kier alpha value is -1.85. The van der Waals surface area contributed by atoms with Gasteiger partial charge in [0.15, 0.2) is 5.69 Å². The van der Waals surface area contributed by atoms with Crippen LogP contribution < -0.4 is 5.48 Å². The zero-order valence-corrected chi connectivity index (χ0v) is 8.73. The monoisotopic (exact) mass is 238 g/mol. The fourth-order valence-electron chi connectivity index (χ4n) is 1.16. The second kappa shape index (κ2) is 4.34. The minimum absolute atomic E-state index is 0.00690. The van der Waals surface area contributed by atoms with Crippen molar-refractivity contribution in [3.8, 4) is 11.5 Å². The van der Waals surface area contributed by atoms with Crippen LogP contribution in [0.3, 0.4) is 0 Å². The molecule has 2 N–H and O–H groups in total. The number of carbonyl (C=O) groups excluding carboxylic acids is 1. The molecule has 82 valence electrons. The summed E-state index contributed by atoms with van der Waals surface area (Å²) in [5.41, 5.74) is 2.18. The van der Waals surface area contributed by atoms with Crippen LogP contribution in [0, 0.1) is 0 Å². The summed E-state index contributed by atoms with van der Waals surface area (Å²) in [5.74, 6) is -0.431. The van der Waals surface area contributed by atoms with Gasteiger partial charge in [-0.05, 0) is 24.3 Å². The minimum atomic E-state index is -0.719. The van der Waals surface area contributed by atoms with E-state index in [0.29, 0.717) is 10.6 Å². The molecule has 0 aliphatic heterocycles. The maximum Gasteiger partial charge on any atom is 0.296 e. The van der Waals surface area contributed by atoms with Crippen molar-refractivity contribution in [2.24, 2.45) is 0 Å². The van der Waals surface area contributed by atoms with Crippen molar-refractivity contribution in [3.05, 3.63) is 41.2 Å². The molecule has 1 aromatic carbocycles. The molecule has 1 aromatic heterocycles. The van der Waals surface area contributed by atoms with Gasteiger partial charge >= 0.3 is 0 Å². The number of benzene rings is 1. The van der Waals surface area contributed by atoms with E-state index in [0.717, 1.165) is 6.26 Å². The number of amides is 1. The van der Waals surface area contributed by atoms with E-state index >= 15 is 0 Å². The molecule has 5 nitrogen and oxygen atoms in total. The normalized spacial score (nSPS) is 10.1. The van der Waals surface area contributed by atoms with Crippen LogP contribution in [0.25, 0.3) is 11.5 Å². The quantitative estimate of drug-likeness (QED) is 0.621. The Bertz CT molecular complexity index is 507. The van der Waals surface area contributed by atoms with Crippen LogP contribution in [0.15, 0.2) is 34.9 Å². The van der Waals surface area contributed by atoms with Gasteiger partial charge in [0.05, 0.1) is 0 Å². The molecule has 0 aliphatic rings. The number of rotatable bonds is 2. The SMILES string of the molecule is O=C(NO)c1coc(-c2ccc(Cl)cc2)n1. The summed E-state index contributed by atoms with van der Waals surface area (Å²) < 4.78 is 5.09. The first-order valence-electron chi connectivity index (χ1n) is 4.36. The summed E-state index contributed by atoms with van der Waals surface area (Å²) in [5, 5.41) is 9.01. The van der Waals surface area contributed by atoms with Crippen LogP contribution >= 0.6 is 11.6 Å². The summed E-state index contributed by atoms with van der Waals surface area (Å²) >= 11 is 5.73. The highest BCUT2D eigenvalue weighted by molar-refractivity contribution is 6.30. The van der Waals surface area contributed by atoms with Crippen molar-refractivity contribution in [1.29, 1.82) is 0 Å². The molecule has 1 heterocycles. The van der Waals surface area contributed by atoms with Crippen molar-refractivity contribution in [2.75, 3.05) is 0 Å². The van der Waals surface area contributed by atoms with Gasteiger partial charge in [0.25, 0.3) is 5.91 Å². The summed E-state index contributed by atoms with van der Waals surface area (Å²) in [4.78, 5) is 14.9. The lowest BCUT2D eigenvalue weighted by Gasteiger charge is -1.94.